The number of ether oxygens (including phenoxy) is 3. The first kappa shape index (κ1) is 19.4. The van der Waals surface area contributed by atoms with Gasteiger partial charge in [-0.3, -0.25) is 4.98 Å². The number of hydrogen-bond acceptors (Lipinski definition) is 6. The Kier molecular flexibility index (Phi) is 5.18. The molecule has 4 heterocycles. The minimum absolute atomic E-state index is 0.268. The third kappa shape index (κ3) is 4.04. The van der Waals surface area contributed by atoms with Gasteiger partial charge >= 0.3 is 0 Å². The predicted octanol–water partition coefficient (Wildman–Crippen LogP) is 4.12. The highest BCUT2D eigenvalue weighted by Gasteiger charge is 2.15. The quantitative estimate of drug-likeness (QED) is 0.422. The van der Waals surface area contributed by atoms with Crippen molar-refractivity contribution in [1.82, 2.24) is 19.3 Å². The second-order valence-corrected chi connectivity index (χ2v) is 7.74. The van der Waals surface area contributed by atoms with E-state index in [0.29, 0.717) is 12.5 Å². The van der Waals surface area contributed by atoms with E-state index in [1.54, 1.807) is 6.20 Å². The molecule has 4 aromatic rings. The van der Waals surface area contributed by atoms with E-state index in [1.807, 2.05) is 42.7 Å². The molecule has 7 heteroatoms. The third-order valence-electron chi connectivity index (χ3n) is 5.24. The van der Waals surface area contributed by atoms with Crippen molar-refractivity contribution in [2.45, 2.75) is 6.42 Å². The predicted molar refractivity (Wildman–Crippen MR) is 119 cm³/mol. The van der Waals surface area contributed by atoms with Crippen LogP contribution in [0, 0.1) is 0 Å². The number of aromatic nitrogens is 3. The summed E-state index contributed by atoms with van der Waals surface area (Å²) in [7, 11) is 4.11. The lowest BCUT2D eigenvalue weighted by atomic mass is 10.1. The van der Waals surface area contributed by atoms with Gasteiger partial charge < -0.3 is 23.5 Å². The Balaban J connectivity index is 1.38. The molecule has 31 heavy (non-hydrogen) atoms. The van der Waals surface area contributed by atoms with Gasteiger partial charge in [0.05, 0.1) is 29.7 Å². The molecule has 0 spiro atoms. The summed E-state index contributed by atoms with van der Waals surface area (Å²) in [5.74, 6) is 2.18. The molecule has 0 saturated carbocycles. The molecule has 0 amide bonds. The van der Waals surface area contributed by atoms with Crippen molar-refractivity contribution in [2.24, 2.45) is 0 Å². The molecule has 0 N–H and O–H groups in total. The van der Waals surface area contributed by atoms with Crippen LogP contribution in [0.25, 0.3) is 28.0 Å². The minimum Gasteiger partial charge on any atom is -0.478 e. The van der Waals surface area contributed by atoms with E-state index < -0.39 is 0 Å². The Labute approximate surface area is 180 Å². The molecule has 1 aliphatic heterocycles. The largest absolute Gasteiger partial charge is 0.478 e. The fraction of sp³-hybridized carbons (Fsp3) is 0.250. The zero-order chi connectivity index (χ0) is 21.2. The summed E-state index contributed by atoms with van der Waals surface area (Å²) in [6.45, 7) is 1.91. The highest BCUT2D eigenvalue weighted by Crippen LogP contribution is 2.36. The van der Waals surface area contributed by atoms with Crippen LogP contribution >= 0.6 is 0 Å². The highest BCUT2D eigenvalue weighted by molar-refractivity contribution is 5.71. The van der Waals surface area contributed by atoms with Crippen LogP contribution in [0.5, 0.6) is 17.4 Å². The standard InChI is InChI=1S/C24H24N4O3/c1-27(2)10-3-11-29-24-9-5-18(13-26-24)20-15-28-19(14-25-20)6-7-21(28)17-4-8-22-23(12-17)31-16-30-22/h4-9,12-15H,3,10-11,16H2,1-2H3. The van der Waals surface area contributed by atoms with E-state index in [0.717, 1.165) is 52.5 Å². The maximum Gasteiger partial charge on any atom is 0.231 e. The Morgan fingerprint density at radius 2 is 1.84 bits per heavy atom. The molecule has 0 atom stereocenters. The zero-order valence-electron chi connectivity index (χ0n) is 17.6. The molecule has 1 aromatic carbocycles. The minimum atomic E-state index is 0.268. The topological polar surface area (TPSA) is 61.1 Å². The van der Waals surface area contributed by atoms with Gasteiger partial charge in [-0.2, -0.15) is 0 Å². The van der Waals surface area contributed by atoms with Crippen LogP contribution in [0.3, 0.4) is 0 Å². The van der Waals surface area contributed by atoms with Crippen LogP contribution in [0.1, 0.15) is 6.42 Å². The average Bonchev–Trinajstić information content (AvgIpc) is 3.43. The van der Waals surface area contributed by atoms with Crippen LogP contribution in [0.15, 0.2) is 61.1 Å². The fourth-order valence-electron chi connectivity index (χ4n) is 3.62. The lowest BCUT2D eigenvalue weighted by Crippen LogP contribution is -2.15. The van der Waals surface area contributed by atoms with E-state index in [4.69, 9.17) is 14.2 Å². The molecule has 5 rings (SSSR count). The van der Waals surface area contributed by atoms with Gasteiger partial charge in [-0.05, 0) is 56.9 Å². The Morgan fingerprint density at radius 1 is 0.968 bits per heavy atom. The van der Waals surface area contributed by atoms with E-state index in [1.165, 1.54) is 0 Å². The van der Waals surface area contributed by atoms with E-state index in [-0.39, 0.29) is 6.79 Å². The molecule has 3 aromatic heterocycles. The first-order valence-electron chi connectivity index (χ1n) is 10.3. The number of hydrogen-bond donors (Lipinski definition) is 0. The molecular formula is C24H24N4O3. The summed E-state index contributed by atoms with van der Waals surface area (Å²) in [6, 6.07) is 14.0. The summed E-state index contributed by atoms with van der Waals surface area (Å²) in [4.78, 5) is 11.2. The van der Waals surface area contributed by atoms with Gasteiger partial charge in [-0.15, -0.1) is 0 Å². The molecule has 7 nitrogen and oxygen atoms in total. The van der Waals surface area contributed by atoms with Gasteiger partial charge in [0.15, 0.2) is 11.5 Å². The molecule has 0 bridgehead atoms. The zero-order valence-corrected chi connectivity index (χ0v) is 17.6. The number of nitrogens with zero attached hydrogens (tertiary/aromatic N) is 4. The molecule has 0 unspecified atom stereocenters. The maximum atomic E-state index is 5.73. The van der Waals surface area contributed by atoms with Gasteiger partial charge in [-0.25, -0.2) is 4.98 Å². The molecule has 0 saturated heterocycles. The fourth-order valence-corrected chi connectivity index (χ4v) is 3.62. The summed E-state index contributed by atoms with van der Waals surface area (Å²) < 4.78 is 18.8. The van der Waals surface area contributed by atoms with E-state index >= 15 is 0 Å². The van der Waals surface area contributed by atoms with Crippen LogP contribution < -0.4 is 14.2 Å². The monoisotopic (exact) mass is 416 g/mol. The summed E-state index contributed by atoms with van der Waals surface area (Å²) in [6.07, 6.45) is 6.67. The van der Waals surface area contributed by atoms with Gasteiger partial charge in [0, 0.05) is 36.1 Å². The average molecular weight is 416 g/mol. The molecular weight excluding hydrogens is 392 g/mol. The van der Waals surface area contributed by atoms with Crippen LogP contribution in [0.2, 0.25) is 0 Å². The first-order chi connectivity index (χ1) is 15.2. The van der Waals surface area contributed by atoms with Crippen molar-refractivity contribution in [2.75, 3.05) is 34.0 Å². The second-order valence-electron chi connectivity index (χ2n) is 7.74. The van der Waals surface area contributed by atoms with Crippen LogP contribution in [-0.2, 0) is 0 Å². The summed E-state index contributed by atoms with van der Waals surface area (Å²) in [5, 5.41) is 0. The lowest BCUT2D eigenvalue weighted by Gasteiger charge is -2.10. The highest BCUT2D eigenvalue weighted by atomic mass is 16.7. The van der Waals surface area contributed by atoms with E-state index in [9.17, 15) is 0 Å². The van der Waals surface area contributed by atoms with Crippen molar-refractivity contribution >= 4 is 5.52 Å². The second kappa shape index (κ2) is 8.28. The van der Waals surface area contributed by atoms with Crippen molar-refractivity contribution in [3.05, 3.63) is 61.1 Å². The van der Waals surface area contributed by atoms with E-state index in [2.05, 4.69) is 45.5 Å². The number of benzene rings is 1. The Bertz CT molecular complexity index is 1200. The normalized spacial score (nSPS) is 12.6. The first-order valence-corrected chi connectivity index (χ1v) is 10.3. The maximum absolute atomic E-state index is 5.73. The Morgan fingerprint density at radius 3 is 2.68 bits per heavy atom. The SMILES string of the molecule is CN(C)CCCOc1ccc(-c2cn3c(-c4ccc5c(c4)OCO5)ccc3cn2)cn1. The molecule has 0 aliphatic carbocycles. The van der Waals surface area contributed by atoms with Crippen LogP contribution in [0.4, 0.5) is 0 Å². The smallest absolute Gasteiger partial charge is 0.231 e. The van der Waals surface area contributed by atoms with Crippen molar-refractivity contribution in [3.63, 3.8) is 0 Å². The molecule has 1 aliphatic rings. The number of pyridine rings is 1. The van der Waals surface area contributed by atoms with Crippen molar-refractivity contribution < 1.29 is 14.2 Å². The molecule has 0 fully saturated rings. The molecule has 0 radical (unpaired) electrons. The molecule has 158 valence electrons. The summed E-state index contributed by atoms with van der Waals surface area (Å²) >= 11 is 0. The lowest BCUT2D eigenvalue weighted by molar-refractivity contribution is 0.174. The van der Waals surface area contributed by atoms with Gasteiger partial charge in [0.2, 0.25) is 12.7 Å². The van der Waals surface area contributed by atoms with Gasteiger partial charge in [0.1, 0.15) is 0 Å². The van der Waals surface area contributed by atoms with Crippen molar-refractivity contribution in [1.29, 1.82) is 0 Å². The van der Waals surface area contributed by atoms with Crippen LogP contribution in [-0.4, -0.2) is 53.3 Å². The number of rotatable bonds is 7. The number of fused-ring (bicyclic) bond motifs is 2. The van der Waals surface area contributed by atoms with Gasteiger partial charge in [-0.1, -0.05) is 0 Å². The van der Waals surface area contributed by atoms with Gasteiger partial charge in [0.25, 0.3) is 0 Å². The van der Waals surface area contributed by atoms with Crippen molar-refractivity contribution in [3.8, 4) is 39.9 Å². The summed E-state index contributed by atoms with van der Waals surface area (Å²) in [5.41, 5.74) is 4.92. The third-order valence-corrected chi connectivity index (χ3v) is 5.24. The Hall–Kier alpha value is -3.58.